The molecule has 5 heteroatoms. The third-order valence-corrected chi connectivity index (χ3v) is 3.90. The zero-order chi connectivity index (χ0) is 18.4. The van der Waals surface area contributed by atoms with E-state index in [1.165, 1.54) is 6.07 Å². The molecule has 0 spiro atoms. The van der Waals surface area contributed by atoms with Gasteiger partial charge in [-0.2, -0.15) is 0 Å². The van der Waals surface area contributed by atoms with Crippen molar-refractivity contribution in [3.63, 3.8) is 0 Å². The van der Waals surface area contributed by atoms with Gasteiger partial charge in [-0.05, 0) is 49.1 Å². The molecule has 1 N–H and O–H groups in total. The van der Waals surface area contributed by atoms with Crippen molar-refractivity contribution >= 4 is 16.8 Å². The molecule has 1 heterocycles. The topological polar surface area (TPSA) is 76.7 Å². The lowest BCUT2D eigenvalue weighted by Gasteiger charge is -2.09. The molecule has 0 radical (unpaired) electrons. The Hall–Kier alpha value is -2.66. The molecule has 1 aromatic heterocycles. The molecule has 0 amide bonds. The van der Waals surface area contributed by atoms with Gasteiger partial charge in [0.25, 0.3) is 0 Å². The number of aryl methyl sites for hydroxylation is 1. The molecule has 0 unspecified atom stereocenters. The largest absolute Gasteiger partial charge is 0.488 e. The Kier molecular flexibility index (Phi) is 6.31. The van der Waals surface area contributed by atoms with Crippen LogP contribution in [0.1, 0.15) is 25.3 Å². The third kappa shape index (κ3) is 4.90. The van der Waals surface area contributed by atoms with Gasteiger partial charge in [-0.1, -0.05) is 18.7 Å². The van der Waals surface area contributed by atoms with E-state index in [0.29, 0.717) is 35.3 Å². The van der Waals surface area contributed by atoms with Crippen molar-refractivity contribution in [1.82, 2.24) is 0 Å². The van der Waals surface area contributed by atoms with Crippen molar-refractivity contribution < 1.29 is 19.1 Å². The minimum absolute atomic E-state index is 0.0254. The second-order valence-corrected chi connectivity index (χ2v) is 5.91. The monoisotopic (exact) mass is 342 g/mol. The lowest BCUT2D eigenvalue weighted by Crippen LogP contribution is -2.05. The Morgan fingerprint density at radius 1 is 1.36 bits per heavy atom. The molecule has 0 fully saturated rings. The number of fused-ring (bicyclic) bond motifs is 1. The molecule has 132 valence electrons. The van der Waals surface area contributed by atoms with E-state index in [1.54, 1.807) is 19.1 Å². The van der Waals surface area contributed by atoms with E-state index in [-0.39, 0.29) is 19.0 Å². The average molecular weight is 342 g/mol. The normalized spacial score (nSPS) is 11.6. The lowest BCUT2D eigenvalue weighted by molar-refractivity contribution is -0.115. The number of ketones is 1. The van der Waals surface area contributed by atoms with Gasteiger partial charge in [0, 0.05) is 6.42 Å². The molecular weight excluding hydrogens is 320 g/mol. The van der Waals surface area contributed by atoms with Crippen molar-refractivity contribution in [2.24, 2.45) is 0 Å². The van der Waals surface area contributed by atoms with Gasteiger partial charge >= 0.3 is 5.63 Å². The first-order valence-corrected chi connectivity index (χ1v) is 8.06. The fourth-order valence-electron chi connectivity index (χ4n) is 2.45. The van der Waals surface area contributed by atoms with E-state index in [1.807, 2.05) is 19.1 Å². The fraction of sp³-hybridized carbons (Fsp3) is 0.300. The van der Waals surface area contributed by atoms with Crippen LogP contribution in [0.3, 0.4) is 0 Å². The Labute approximate surface area is 146 Å². The number of hydrogen-bond donors (Lipinski definition) is 1. The molecule has 0 aliphatic carbocycles. The first-order valence-electron chi connectivity index (χ1n) is 8.06. The highest BCUT2D eigenvalue weighted by atomic mass is 16.5. The van der Waals surface area contributed by atoms with Crippen LogP contribution in [0.5, 0.6) is 5.75 Å². The summed E-state index contributed by atoms with van der Waals surface area (Å²) in [6, 6.07) is 6.75. The van der Waals surface area contributed by atoms with Gasteiger partial charge in [-0.15, -0.1) is 0 Å². The van der Waals surface area contributed by atoms with Gasteiger partial charge in [0.05, 0.1) is 18.1 Å². The molecule has 0 aliphatic rings. The summed E-state index contributed by atoms with van der Waals surface area (Å²) in [5.41, 5.74) is 2.15. The van der Waals surface area contributed by atoms with Crippen molar-refractivity contribution in [1.29, 1.82) is 0 Å². The Morgan fingerprint density at radius 3 is 2.80 bits per heavy atom. The second-order valence-electron chi connectivity index (χ2n) is 5.91. The SMILES string of the molecule is C=C(C)C(=O)CCC(=CCOc1cc(=O)oc2cccc(C)c12)CO. The number of hydrogen-bond acceptors (Lipinski definition) is 5. The number of Topliss-reactive ketones (excluding diaryl/α,β-unsaturated/α-hetero) is 1. The van der Waals surface area contributed by atoms with Crippen LogP contribution in [-0.4, -0.2) is 24.1 Å². The molecule has 0 bridgehead atoms. The van der Waals surface area contributed by atoms with Gasteiger partial charge in [0.2, 0.25) is 0 Å². The highest BCUT2D eigenvalue weighted by molar-refractivity contribution is 5.94. The first-order chi connectivity index (χ1) is 11.9. The number of carbonyl (C=O) groups excluding carboxylic acids is 1. The van der Waals surface area contributed by atoms with Crippen LogP contribution in [0.25, 0.3) is 11.0 Å². The summed E-state index contributed by atoms with van der Waals surface area (Å²) in [6.07, 6.45) is 2.48. The summed E-state index contributed by atoms with van der Waals surface area (Å²) in [5.74, 6) is 0.415. The van der Waals surface area contributed by atoms with Crippen LogP contribution in [0.2, 0.25) is 0 Å². The van der Waals surface area contributed by atoms with Crippen LogP contribution in [0.4, 0.5) is 0 Å². The standard InChI is InChI=1S/C20H22O5/c1-13(2)16(22)8-7-15(12-21)9-10-24-18-11-19(23)25-17-6-4-5-14(3)20(17)18/h4-6,9,11,21H,1,7-8,10,12H2,2-3H3. The van der Waals surface area contributed by atoms with Crippen molar-refractivity contribution in [3.8, 4) is 5.75 Å². The predicted molar refractivity (Wildman–Crippen MR) is 96.9 cm³/mol. The maximum absolute atomic E-state index is 11.7. The lowest BCUT2D eigenvalue weighted by atomic mass is 10.1. The summed E-state index contributed by atoms with van der Waals surface area (Å²) in [5, 5.41) is 10.2. The van der Waals surface area contributed by atoms with E-state index in [9.17, 15) is 14.7 Å². The molecule has 2 rings (SSSR count). The van der Waals surface area contributed by atoms with Crippen LogP contribution < -0.4 is 10.4 Å². The van der Waals surface area contributed by atoms with Crippen molar-refractivity contribution in [3.05, 3.63) is 64.1 Å². The number of benzene rings is 1. The first kappa shape index (κ1) is 18.7. The number of rotatable bonds is 8. The summed E-state index contributed by atoms with van der Waals surface area (Å²) in [4.78, 5) is 23.3. The maximum atomic E-state index is 11.7. The second kappa shape index (κ2) is 8.44. The Morgan fingerprint density at radius 2 is 2.12 bits per heavy atom. The Balaban J connectivity index is 2.12. The number of ether oxygens (including phenoxy) is 1. The van der Waals surface area contributed by atoms with Gasteiger partial charge in [-0.3, -0.25) is 4.79 Å². The minimum Gasteiger partial charge on any atom is -0.488 e. The number of aliphatic hydroxyl groups is 1. The van der Waals surface area contributed by atoms with Crippen molar-refractivity contribution in [2.45, 2.75) is 26.7 Å². The average Bonchev–Trinajstić information content (AvgIpc) is 2.57. The van der Waals surface area contributed by atoms with E-state index in [0.717, 1.165) is 10.9 Å². The van der Waals surface area contributed by atoms with E-state index >= 15 is 0 Å². The third-order valence-electron chi connectivity index (χ3n) is 3.90. The summed E-state index contributed by atoms with van der Waals surface area (Å²) in [6.45, 7) is 7.23. The van der Waals surface area contributed by atoms with Gasteiger partial charge in [0.1, 0.15) is 17.9 Å². The zero-order valence-electron chi connectivity index (χ0n) is 14.5. The molecule has 0 atom stereocenters. The maximum Gasteiger partial charge on any atom is 0.339 e. The molecule has 25 heavy (non-hydrogen) atoms. The number of carbonyl (C=O) groups is 1. The molecule has 0 saturated heterocycles. The van der Waals surface area contributed by atoms with E-state index < -0.39 is 5.63 Å². The van der Waals surface area contributed by atoms with Crippen LogP contribution in [0, 0.1) is 6.92 Å². The molecule has 2 aromatic rings. The van der Waals surface area contributed by atoms with E-state index in [4.69, 9.17) is 9.15 Å². The molecule has 1 aromatic carbocycles. The van der Waals surface area contributed by atoms with Gasteiger partial charge in [-0.25, -0.2) is 4.79 Å². The van der Waals surface area contributed by atoms with Crippen LogP contribution >= 0.6 is 0 Å². The Bertz CT molecular complexity index is 873. The van der Waals surface area contributed by atoms with Gasteiger partial charge in [0.15, 0.2) is 5.78 Å². The van der Waals surface area contributed by atoms with Crippen LogP contribution in [0.15, 0.2) is 57.3 Å². The van der Waals surface area contributed by atoms with Crippen LogP contribution in [-0.2, 0) is 4.79 Å². The highest BCUT2D eigenvalue weighted by Crippen LogP contribution is 2.27. The van der Waals surface area contributed by atoms with E-state index in [2.05, 4.69) is 6.58 Å². The smallest absolute Gasteiger partial charge is 0.339 e. The fourth-order valence-corrected chi connectivity index (χ4v) is 2.45. The van der Waals surface area contributed by atoms with Crippen molar-refractivity contribution in [2.75, 3.05) is 13.2 Å². The predicted octanol–water partition coefficient (Wildman–Crippen LogP) is 3.32. The quantitative estimate of drug-likeness (QED) is 0.452. The number of allylic oxidation sites excluding steroid dienone is 1. The molecular formula is C20H22O5. The molecule has 5 nitrogen and oxygen atoms in total. The zero-order valence-corrected chi connectivity index (χ0v) is 14.5. The molecule has 0 saturated carbocycles. The summed E-state index contributed by atoms with van der Waals surface area (Å²) >= 11 is 0. The summed E-state index contributed by atoms with van der Waals surface area (Å²) < 4.78 is 10.9. The molecule has 0 aliphatic heterocycles. The highest BCUT2D eigenvalue weighted by Gasteiger charge is 2.09. The van der Waals surface area contributed by atoms with Gasteiger partial charge < -0.3 is 14.3 Å². The summed E-state index contributed by atoms with van der Waals surface area (Å²) in [7, 11) is 0. The number of aliphatic hydroxyl groups excluding tert-OH is 1. The minimum atomic E-state index is -0.480.